The Morgan fingerprint density at radius 2 is 1.74 bits per heavy atom. The third-order valence-electron chi connectivity index (χ3n) is 2.57. The van der Waals surface area contributed by atoms with Crippen LogP contribution in [0.4, 0.5) is 0 Å². The van der Waals surface area contributed by atoms with Crippen LogP contribution in [0, 0.1) is 0 Å². The van der Waals surface area contributed by atoms with Crippen molar-refractivity contribution in [2.45, 2.75) is 12.8 Å². The Morgan fingerprint density at radius 3 is 2.17 bits per heavy atom. The normalized spacial score (nSPS) is 12.5. The second-order valence-electron chi connectivity index (χ2n) is 4.38. The zero-order valence-corrected chi connectivity index (χ0v) is 13.6. The van der Waals surface area contributed by atoms with Crippen LogP contribution in [0.15, 0.2) is 23.2 Å². The molecule has 0 spiro atoms. The number of nitrogens with zero attached hydrogens (tertiary/aromatic N) is 1. The van der Waals surface area contributed by atoms with Gasteiger partial charge in [0.2, 0.25) is 0 Å². The summed E-state index contributed by atoms with van der Waals surface area (Å²) in [4.78, 5) is 23.5. The highest BCUT2D eigenvalue weighted by molar-refractivity contribution is 6.37. The minimum absolute atomic E-state index is 0.296. The smallest absolute Gasteiger partial charge is 0.303 e. The van der Waals surface area contributed by atoms with Crippen molar-refractivity contribution in [3.63, 3.8) is 0 Å². The summed E-state index contributed by atoms with van der Waals surface area (Å²) < 4.78 is 5.49. The molecule has 0 aliphatic carbocycles. The quantitative estimate of drug-likeness (QED) is 0.716. The first-order valence-corrected chi connectivity index (χ1v) is 7.43. The average molecular weight is 363 g/mol. The van der Waals surface area contributed by atoms with Crippen LogP contribution in [0.5, 0.6) is 5.75 Å². The van der Waals surface area contributed by atoms with E-state index in [-0.39, 0.29) is 12.8 Å². The van der Waals surface area contributed by atoms with Gasteiger partial charge in [0.1, 0.15) is 12.4 Å². The fourth-order valence-electron chi connectivity index (χ4n) is 1.52. The van der Waals surface area contributed by atoms with E-state index in [1.165, 1.54) is 0 Å². The molecule has 1 aromatic carbocycles. The molecule has 0 radical (unpaired) electrons. The molecule has 0 amide bonds. The molecule has 2 rings (SSSR count). The molecule has 3 N–H and O–H groups in total. The largest absolute Gasteiger partial charge is 0.483 e. The second kappa shape index (κ2) is 9.91. The van der Waals surface area contributed by atoms with Crippen molar-refractivity contribution in [2.24, 2.45) is 4.99 Å². The number of hydrogen-bond acceptors (Lipinski definition) is 5. The Kier molecular flexibility index (Phi) is 8.21. The first kappa shape index (κ1) is 19.1. The third kappa shape index (κ3) is 7.71. The van der Waals surface area contributed by atoms with Crippen LogP contribution in [0.1, 0.15) is 12.8 Å². The van der Waals surface area contributed by atoms with Gasteiger partial charge in [0, 0.05) is 6.54 Å². The summed E-state index contributed by atoms with van der Waals surface area (Å²) >= 11 is 11.9. The predicted octanol–water partition coefficient (Wildman–Crippen LogP) is 2.31. The molecule has 1 heterocycles. The zero-order chi connectivity index (χ0) is 17.2. The number of para-hydroxylation sites is 1. The predicted molar refractivity (Wildman–Crippen MR) is 86.8 cm³/mol. The molecule has 0 bridgehead atoms. The molecule has 0 saturated carbocycles. The first-order valence-electron chi connectivity index (χ1n) is 6.67. The van der Waals surface area contributed by atoms with Crippen LogP contribution >= 0.6 is 23.2 Å². The van der Waals surface area contributed by atoms with Gasteiger partial charge in [-0.25, -0.2) is 0 Å². The minimum Gasteiger partial charge on any atom is -0.483 e. The van der Waals surface area contributed by atoms with Gasteiger partial charge in [-0.3, -0.25) is 14.6 Å². The summed E-state index contributed by atoms with van der Waals surface area (Å²) in [5.41, 5.74) is 0. The molecule has 0 unspecified atom stereocenters. The lowest BCUT2D eigenvalue weighted by atomic mass is 10.3. The molecule has 0 atom stereocenters. The van der Waals surface area contributed by atoms with Crippen molar-refractivity contribution in [1.29, 1.82) is 0 Å². The van der Waals surface area contributed by atoms with E-state index in [0.717, 1.165) is 18.9 Å². The number of carboxylic acid groups (broad SMARTS) is 2. The lowest BCUT2D eigenvalue weighted by Gasteiger charge is -2.09. The zero-order valence-electron chi connectivity index (χ0n) is 12.1. The van der Waals surface area contributed by atoms with Gasteiger partial charge < -0.3 is 20.3 Å². The topological polar surface area (TPSA) is 108 Å². The molecule has 7 nitrogen and oxygen atoms in total. The fourth-order valence-corrected chi connectivity index (χ4v) is 2.02. The number of benzene rings is 1. The van der Waals surface area contributed by atoms with Gasteiger partial charge in [-0.15, -0.1) is 0 Å². The van der Waals surface area contributed by atoms with Gasteiger partial charge in [-0.05, 0) is 12.1 Å². The second-order valence-corrected chi connectivity index (χ2v) is 5.20. The van der Waals surface area contributed by atoms with E-state index in [2.05, 4.69) is 10.3 Å². The number of aliphatic carboxylic acids is 2. The average Bonchev–Trinajstić information content (AvgIpc) is 2.99. The van der Waals surface area contributed by atoms with Gasteiger partial charge in [-0.2, -0.15) is 0 Å². The molecule has 0 saturated heterocycles. The molecular formula is C14H16Cl2N2O5. The van der Waals surface area contributed by atoms with Gasteiger partial charge in [0.25, 0.3) is 0 Å². The number of hydrogen-bond donors (Lipinski definition) is 3. The Labute approximate surface area is 142 Å². The Bertz CT molecular complexity index is 558. The molecule has 1 aliphatic rings. The van der Waals surface area contributed by atoms with Crippen LogP contribution in [-0.4, -0.2) is 47.7 Å². The lowest BCUT2D eigenvalue weighted by Crippen LogP contribution is -2.25. The van der Waals surface area contributed by atoms with E-state index in [4.69, 9.17) is 38.2 Å². The maximum absolute atomic E-state index is 9.64. The number of halogens is 2. The highest BCUT2D eigenvalue weighted by Gasteiger charge is 2.10. The fraction of sp³-hybridized carbons (Fsp3) is 0.357. The summed E-state index contributed by atoms with van der Waals surface area (Å²) in [6.07, 6.45) is -0.593. The minimum atomic E-state index is -1.08. The number of carbonyl (C=O) groups is 2. The number of nitrogens with one attached hydrogen (secondary N) is 1. The van der Waals surface area contributed by atoms with Crippen LogP contribution in [0.25, 0.3) is 0 Å². The maximum Gasteiger partial charge on any atom is 0.303 e. The van der Waals surface area contributed by atoms with Crippen LogP contribution in [0.2, 0.25) is 10.0 Å². The maximum atomic E-state index is 9.64. The first-order chi connectivity index (χ1) is 10.9. The number of rotatable bonds is 6. The van der Waals surface area contributed by atoms with Gasteiger partial charge in [-0.1, -0.05) is 29.3 Å². The SMILES string of the molecule is Clc1cccc(Cl)c1OCC1=NCCN1.O=C(O)CCC(=O)O. The standard InChI is InChI=1S/C10H10Cl2N2O.C4H6O4/c11-7-2-1-3-8(12)10(7)15-6-9-13-4-5-14-9;5-3(6)1-2-4(7)8/h1-3H,4-6H2,(H,13,14);1-2H2,(H,5,6)(H,7,8). The summed E-state index contributed by atoms with van der Waals surface area (Å²) in [6, 6.07) is 5.27. The molecule has 126 valence electrons. The van der Waals surface area contributed by atoms with E-state index >= 15 is 0 Å². The molecule has 1 aliphatic heterocycles. The third-order valence-corrected chi connectivity index (χ3v) is 3.16. The molecule has 0 fully saturated rings. The molecule has 1 aromatic rings. The highest BCUT2D eigenvalue weighted by Crippen LogP contribution is 2.32. The van der Waals surface area contributed by atoms with Gasteiger partial charge in [0.15, 0.2) is 5.75 Å². The molecular weight excluding hydrogens is 347 g/mol. The monoisotopic (exact) mass is 362 g/mol. The Morgan fingerprint density at radius 1 is 1.17 bits per heavy atom. The molecule has 23 heavy (non-hydrogen) atoms. The summed E-state index contributed by atoms with van der Waals surface area (Å²) in [6.45, 7) is 2.05. The van der Waals surface area contributed by atoms with E-state index in [1.807, 2.05) is 0 Å². The van der Waals surface area contributed by atoms with Crippen molar-refractivity contribution in [2.75, 3.05) is 19.7 Å². The summed E-state index contributed by atoms with van der Waals surface area (Å²) in [5, 5.41) is 19.9. The van der Waals surface area contributed by atoms with Crippen LogP contribution in [0.3, 0.4) is 0 Å². The number of amidine groups is 1. The summed E-state index contributed by atoms with van der Waals surface area (Å²) in [5.74, 6) is -0.803. The van der Waals surface area contributed by atoms with Crippen molar-refractivity contribution in [3.05, 3.63) is 28.2 Å². The highest BCUT2D eigenvalue weighted by atomic mass is 35.5. The van der Waals surface area contributed by atoms with Gasteiger partial charge in [0.05, 0.1) is 29.4 Å². The number of carboxylic acids is 2. The Hall–Kier alpha value is -1.99. The Balaban J connectivity index is 0.000000284. The van der Waals surface area contributed by atoms with E-state index in [9.17, 15) is 9.59 Å². The van der Waals surface area contributed by atoms with E-state index < -0.39 is 11.9 Å². The molecule has 0 aromatic heterocycles. The number of aliphatic imine (C=N–C) groups is 1. The van der Waals surface area contributed by atoms with Crippen LogP contribution < -0.4 is 10.1 Å². The van der Waals surface area contributed by atoms with E-state index in [1.54, 1.807) is 18.2 Å². The van der Waals surface area contributed by atoms with Crippen LogP contribution in [-0.2, 0) is 9.59 Å². The number of ether oxygens (including phenoxy) is 1. The van der Waals surface area contributed by atoms with Crippen molar-refractivity contribution in [3.8, 4) is 5.75 Å². The van der Waals surface area contributed by atoms with Crippen molar-refractivity contribution in [1.82, 2.24) is 5.32 Å². The van der Waals surface area contributed by atoms with Crippen molar-refractivity contribution >= 4 is 41.0 Å². The molecule has 9 heteroatoms. The van der Waals surface area contributed by atoms with Crippen molar-refractivity contribution < 1.29 is 24.5 Å². The van der Waals surface area contributed by atoms with Gasteiger partial charge >= 0.3 is 11.9 Å². The van der Waals surface area contributed by atoms with E-state index in [0.29, 0.717) is 22.4 Å². The summed E-state index contributed by atoms with van der Waals surface area (Å²) in [7, 11) is 0. The lowest BCUT2D eigenvalue weighted by molar-refractivity contribution is -0.143.